The number of aliphatic hydroxyl groups is 1. The Hall–Kier alpha value is -3.47. The Morgan fingerprint density at radius 3 is 2.48 bits per heavy atom. The summed E-state index contributed by atoms with van der Waals surface area (Å²) in [4.78, 5) is 24.9. The highest BCUT2D eigenvalue weighted by molar-refractivity contribution is 5.91. The van der Waals surface area contributed by atoms with Crippen LogP contribution in [0.15, 0.2) is 42.5 Å². The summed E-state index contributed by atoms with van der Waals surface area (Å²) >= 11 is 0. The third kappa shape index (κ3) is 3.61. The van der Waals surface area contributed by atoms with E-state index in [0.717, 1.165) is 0 Å². The van der Waals surface area contributed by atoms with Crippen molar-refractivity contribution in [1.29, 1.82) is 0 Å². The topological polar surface area (TPSA) is 106 Å². The Morgan fingerprint density at radius 2 is 1.84 bits per heavy atom. The van der Waals surface area contributed by atoms with Crippen molar-refractivity contribution in [3.63, 3.8) is 0 Å². The van der Waals surface area contributed by atoms with Crippen LogP contribution in [0.3, 0.4) is 0 Å². The molecule has 2 aliphatic heterocycles. The second-order valence-corrected chi connectivity index (χ2v) is 7.02. The van der Waals surface area contributed by atoms with Gasteiger partial charge in [-0.05, 0) is 29.8 Å². The molecule has 2 aromatic rings. The van der Waals surface area contributed by atoms with E-state index in [9.17, 15) is 27.9 Å². The second-order valence-electron chi connectivity index (χ2n) is 7.02. The third-order valence-corrected chi connectivity index (χ3v) is 5.22. The molecule has 0 bridgehead atoms. The summed E-state index contributed by atoms with van der Waals surface area (Å²) in [6.07, 6.45) is -5.27. The zero-order valence-corrected chi connectivity index (χ0v) is 16.0. The van der Waals surface area contributed by atoms with Gasteiger partial charge in [0.1, 0.15) is 11.7 Å². The van der Waals surface area contributed by atoms with Crippen LogP contribution < -0.4 is 24.8 Å². The first-order valence-corrected chi connectivity index (χ1v) is 9.09. The molecule has 11 heteroatoms. The van der Waals surface area contributed by atoms with Gasteiger partial charge in [0.15, 0.2) is 17.2 Å². The van der Waals surface area contributed by atoms with Gasteiger partial charge in [0.25, 0.3) is 0 Å². The van der Waals surface area contributed by atoms with Crippen LogP contribution >= 0.6 is 0 Å². The van der Waals surface area contributed by atoms with Gasteiger partial charge < -0.3 is 30.0 Å². The summed E-state index contributed by atoms with van der Waals surface area (Å²) in [5.74, 6) is -3.36. The lowest BCUT2D eigenvalue weighted by Crippen LogP contribution is -2.66. The fraction of sp³-hybridized carbons (Fsp3) is 0.300. The number of nitrogens with one attached hydrogen (secondary N) is 2. The number of hydrogen-bond acceptors (Lipinski definition) is 6. The highest BCUT2D eigenvalue weighted by Gasteiger charge is 2.59. The SMILES string of the molecule is COc1ccc(C2(O)NC(=O)NC(c3ccc4c(c3)OCO4)C2C(=O)C(F)(F)F)cc1. The quantitative estimate of drug-likeness (QED) is 0.677. The molecule has 0 saturated carbocycles. The number of amides is 2. The van der Waals surface area contributed by atoms with Gasteiger partial charge in [0.05, 0.1) is 13.2 Å². The molecule has 3 N–H and O–H groups in total. The van der Waals surface area contributed by atoms with Gasteiger partial charge in [-0.3, -0.25) is 4.79 Å². The second kappa shape index (κ2) is 7.34. The Balaban J connectivity index is 1.84. The normalized spacial score (nSPS) is 24.9. The number of rotatable bonds is 4. The van der Waals surface area contributed by atoms with Gasteiger partial charge in [-0.25, -0.2) is 4.79 Å². The van der Waals surface area contributed by atoms with E-state index in [1.165, 1.54) is 49.6 Å². The first kappa shape index (κ1) is 20.8. The van der Waals surface area contributed by atoms with Gasteiger partial charge in [-0.15, -0.1) is 0 Å². The maximum absolute atomic E-state index is 13.6. The standard InChI is InChI=1S/C20H17F3N2O6/c1-29-12-5-3-11(4-6-12)19(28)15(17(26)20(21,22)23)16(24-18(27)25-19)10-2-7-13-14(8-10)31-9-30-13/h2-8,15-16,28H,9H2,1H3,(H2,24,25,27). The molecule has 3 unspecified atom stereocenters. The molecule has 0 aromatic heterocycles. The van der Waals surface area contributed by atoms with E-state index in [0.29, 0.717) is 11.5 Å². The summed E-state index contributed by atoms with van der Waals surface area (Å²) < 4.78 is 56.1. The van der Waals surface area contributed by atoms with Crippen LogP contribution in [-0.4, -0.2) is 37.0 Å². The molecule has 4 rings (SSSR count). The van der Waals surface area contributed by atoms with Crippen LogP contribution in [0.4, 0.5) is 18.0 Å². The maximum atomic E-state index is 13.6. The smallest absolute Gasteiger partial charge is 0.450 e. The summed E-state index contributed by atoms with van der Waals surface area (Å²) in [5, 5.41) is 15.7. The van der Waals surface area contributed by atoms with Crippen LogP contribution in [0.5, 0.6) is 17.2 Å². The molecule has 1 saturated heterocycles. The number of Topliss-reactive ketones (excluding diaryl/α,β-unsaturated/α-hetero) is 1. The van der Waals surface area contributed by atoms with Crippen LogP contribution in [0.1, 0.15) is 17.2 Å². The molecule has 2 amide bonds. The molecule has 8 nitrogen and oxygen atoms in total. The van der Waals surface area contributed by atoms with Gasteiger partial charge in [0.2, 0.25) is 12.6 Å². The monoisotopic (exact) mass is 438 g/mol. The van der Waals surface area contributed by atoms with E-state index in [2.05, 4.69) is 10.6 Å². The third-order valence-electron chi connectivity index (χ3n) is 5.22. The molecule has 164 valence electrons. The van der Waals surface area contributed by atoms with Gasteiger partial charge in [-0.2, -0.15) is 13.2 Å². The molecule has 0 radical (unpaired) electrons. The number of ketones is 1. The number of carbonyl (C=O) groups is 2. The van der Waals surface area contributed by atoms with Gasteiger partial charge >= 0.3 is 12.2 Å². The summed E-state index contributed by atoms with van der Waals surface area (Å²) in [6, 6.07) is 7.09. The van der Waals surface area contributed by atoms with Crippen LogP contribution in [-0.2, 0) is 10.5 Å². The van der Waals surface area contributed by atoms with Crippen LogP contribution in [0.2, 0.25) is 0 Å². The number of carbonyl (C=O) groups excluding carboxylic acids is 2. The number of methoxy groups -OCH3 is 1. The first-order chi connectivity index (χ1) is 14.6. The van der Waals surface area contributed by atoms with Crippen LogP contribution in [0.25, 0.3) is 0 Å². The Kier molecular flexibility index (Phi) is 4.92. The van der Waals surface area contributed by atoms with E-state index >= 15 is 0 Å². The predicted molar refractivity (Wildman–Crippen MR) is 98.4 cm³/mol. The summed E-state index contributed by atoms with van der Waals surface area (Å²) in [5.41, 5.74) is -2.63. The minimum atomic E-state index is -5.27. The Morgan fingerprint density at radius 1 is 1.16 bits per heavy atom. The molecule has 2 aromatic carbocycles. The van der Waals surface area contributed by atoms with Gasteiger partial charge in [-0.1, -0.05) is 18.2 Å². The minimum absolute atomic E-state index is 0.0714. The van der Waals surface area contributed by atoms with E-state index < -0.39 is 35.7 Å². The van der Waals surface area contributed by atoms with Crippen molar-refractivity contribution in [3.8, 4) is 17.2 Å². The number of urea groups is 1. The molecular formula is C20H17F3N2O6. The van der Waals surface area contributed by atoms with Crippen molar-refractivity contribution >= 4 is 11.8 Å². The highest BCUT2D eigenvalue weighted by Crippen LogP contribution is 2.45. The highest BCUT2D eigenvalue weighted by atomic mass is 19.4. The number of halogens is 3. The molecule has 31 heavy (non-hydrogen) atoms. The molecule has 0 spiro atoms. The number of benzene rings is 2. The molecule has 1 fully saturated rings. The summed E-state index contributed by atoms with van der Waals surface area (Å²) in [7, 11) is 1.39. The van der Waals surface area contributed by atoms with Crippen molar-refractivity contribution < 1.29 is 42.1 Å². The lowest BCUT2D eigenvalue weighted by Gasteiger charge is -2.45. The zero-order valence-electron chi connectivity index (χ0n) is 16.0. The number of hydrogen-bond donors (Lipinski definition) is 3. The molecule has 2 heterocycles. The molecule has 3 atom stereocenters. The minimum Gasteiger partial charge on any atom is -0.497 e. The zero-order chi connectivity index (χ0) is 22.4. The Labute approximate surface area is 173 Å². The number of fused-ring (bicyclic) bond motifs is 1. The van der Waals surface area contributed by atoms with E-state index in [1.807, 2.05) is 0 Å². The predicted octanol–water partition coefficient (Wildman–Crippen LogP) is 2.37. The number of alkyl halides is 3. The average molecular weight is 438 g/mol. The van der Waals surface area contributed by atoms with E-state index in [-0.39, 0.29) is 23.7 Å². The van der Waals surface area contributed by atoms with Gasteiger partial charge in [0, 0.05) is 5.56 Å². The lowest BCUT2D eigenvalue weighted by molar-refractivity contribution is -0.190. The fourth-order valence-electron chi connectivity index (χ4n) is 3.75. The fourth-order valence-corrected chi connectivity index (χ4v) is 3.75. The van der Waals surface area contributed by atoms with Crippen molar-refractivity contribution in [3.05, 3.63) is 53.6 Å². The van der Waals surface area contributed by atoms with Crippen molar-refractivity contribution in [1.82, 2.24) is 10.6 Å². The van der Waals surface area contributed by atoms with Crippen molar-refractivity contribution in [2.75, 3.05) is 13.9 Å². The van der Waals surface area contributed by atoms with Crippen molar-refractivity contribution in [2.45, 2.75) is 17.9 Å². The van der Waals surface area contributed by atoms with E-state index in [1.54, 1.807) is 0 Å². The molecule has 2 aliphatic rings. The number of ether oxygens (including phenoxy) is 3. The van der Waals surface area contributed by atoms with Crippen LogP contribution in [0, 0.1) is 5.92 Å². The summed E-state index contributed by atoms with van der Waals surface area (Å²) in [6.45, 7) is -0.0714. The van der Waals surface area contributed by atoms with Crippen molar-refractivity contribution in [2.24, 2.45) is 5.92 Å². The molecular weight excluding hydrogens is 421 g/mol. The maximum Gasteiger partial charge on any atom is 0.450 e. The lowest BCUT2D eigenvalue weighted by atomic mass is 9.76. The Bertz CT molecular complexity index is 1030. The molecule has 0 aliphatic carbocycles. The first-order valence-electron chi connectivity index (χ1n) is 9.09. The van der Waals surface area contributed by atoms with E-state index in [4.69, 9.17) is 14.2 Å². The largest absolute Gasteiger partial charge is 0.497 e. The average Bonchev–Trinajstić information content (AvgIpc) is 3.20.